The first-order chi connectivity index (χ1) is 11.8. The van der Waals surface area contributed by atoms with Crippen LogP contribution < -0.4 is 5.32 Å². The third-order valence-corrected chi connectivity index (χ3v) is 4.99. The molecule has 1 aliphatic heterocycles. The van der Waals surface area contributed by atoms with Crippen LogP contribution in [0, 0.1) is 0 Å². The van der Waals surface area contributed by atoms with Gasteiger partial charge in [0.25, 0.3) is 0 Å². The van der Waals surface area contributed by atoms with Gasteiger partial charge in [-0.1, -0.05) is 13.3 Å². The SMILES string of the molecule is CCCCc1nc(CN2CCO[C@H](CNc3cccnn3)C2)cs1. The molecule has 1 aliphatic rings. The maximum Gasteiger partial charge on any atom is 0.148 e. The molecule has 0 saturated carbocycles. The highest BCUT2D eigenvalue weighted by Crippen LogP contribution is 2.16. The van der Waals surface area contributed by atoms with Crippen molar-refractivity contribution in [3.8, 4) is 0 Å². The molecule has 0 aromatic carbocycles. The van der Waals surface area contributed by atoms with Crippen molar-refractivity contribution in [2.45, 2.75) is 38.8 Å². The number of unbranched alkanes of at least 4 members (excludes halogenated alkanes) is 1. The van der Waals surface area contributed by atoms with Crippen molar-refractivity contribution >= 4 is 17.2 Å². The zero-order chi connectivity index (χ0) is 16.6. The molecule has 0 spiro atoms. The van der Waals surface area contributed by atoms with Gasteiger partial charge < -0.3 is 10.1 Å². The molecule has 2 aromatic rings. The van der Waals surface area contributed by atoms with Crippen LogP contribution in [0.4, 0.5) is 5.82 Å². The Hall–Kier alpha value is -1.57. The second kappa shape index (κ2) is 9.05. The predicted octanol–water partition coefficient (Wildman–Crippen LogP) is 2.59. The predicted molar refractivity (Wildman–Crippen MR) is 96.3 cm³/mol. The molecule has 1 atom stereocenters. The molecule has 1 N–H and O–H groups in total. The summed E-state index contributed by atoms with van der Waals surface area (Å²) in [5, 5.41) is 14.7. The zero-order valence-corrected chi connectivity index (χ0v) is 15.0. The van der Waals surface area contributed by atoms with E-state index in [9.17, 15) is 0 Å². The van der Waals surface area contributed by atoms with Crippen LogP contribution in [0.25, 0.3) is 0 Å². The second-order valence-electron chi connectivity index (χ2n) is 6.05. The number of aromatic nitrogens is 3. The zero-order valence-electron chi connectivity index (χ0n) is 14.1. The van der Waals surface area contributed by atoms with Gasteiger partial charge in [0.1, 0.15) is 5.82 Å². The number of hydrogen-bond acceptors (Lipinski definition) is 7. The van der Waals surface area contributed by atoms with E-state index in [1.54, 1.807) is 17.5 Å². The Morgan fingerprint density at radius 3 is 3.25 bits per heavy atom. The number of rotatable bonds is 8. The van der Waals surface area contributed by atoms with Crippen molar-refractivity contribution in [3.05, 3.63) is 34.4 Å². The first-order valence-corrected chi connectivity index (χ1v) is 9.50. The Morgan fingerprint density at radius 1 is 1.46 bits per heavy atom. The smallest absolute Gasteiger partial charge is 0.148 e. The molecule has 2 aromatic heterocycles. The monoisotopic (exact) mass is 347 g/mol. The Balaban J connectivity index is 1.45. The summed E-state index contributed by atoms with van der Waals surface area (Å²) in [4.78, 5) is 7.18. The van der Waals surface area contributed by atoms with Crippen LogP contribution in [0.1, 0.15) is 30.5 Å². The normalized spacial score (nSPS) is 18.6. The van der Waals surface area contributed by atoms with E-state index in [4.69, 9.17) is 9.72 Å². The Labute approximate surface area is 147 Å². The van der Waals surface area contributed by atoms with Crippen LogP contribution in [0.3, 0.4) is 0 Å². The van der Waals surface area contributed by atoms with Gasteiger partial charge in [0.05, 0.1) is 23.4 Å². The quantitative estimate of drug-likeness (QED) is 0.792. The number of ether oxygens (including phenoxy) is 1. The van der Waals surface area contributed by atoms with Crippen molar-refractivity contribution in [2.75, 3.05) is 31.6 Å². The third kappa shape index (κ3) is 5.22. The first kappa shape index (κ1) is 17.3. The van der Waals surface area contributed by atoms with Crippen LogP contribution in [-0.4, -0.2) is 52.4 Å². The molecule has 24 heavy (non-hydrogen) atoms. The summed E-state index contributed by atoms with van der Waals surface area (Å²) >= 11 is 1.79. The maximum atomic E-state index is 5.86. The second-order valence-corrected chi connectivity index (χ2v) is 7.00. The summed E-state index contributed by atoms with van der Waals surface area (Å²) in [6.45, 7) is 6.51. The minimum atomic E-state index is 0.166. The summed E-state index contributed by atoms with van der Waals surface area (Å²) in [5.74, 6) is 0.790. The van der Waals surface area contributed by atoms with Gasteiger partial charge in [-0.25, -0.2) is 4.98 Å². The van der Waals surface area contributed by atoms with E-state index < -0.39 is 0 Å². The highest BCUT2D eigenvalue weighted by Gasteiger charge is 2.21. The van der Waals surface area contributed by atoms with Gasteiger partial charge in [0.15, 0.2) is 0 Å². The van der Waals surface area contributed by atoms with Crippen molar-refractivity contribution in [2.24, 2.45) is 0 Å². The van der Waals surface area contributed by atoms with Crippen LogP contribution in [0.5, 0.6) is 0 Å². The number of anilines is 1. The first-order valence-electron chi connectivity index (χ1n) is 8.62. The molecular weight excluding hydrogens is 322 g/mol. The van der Waals surface area contributed by atoms with Gasteiger partial charge in [-0.2, -0.15) is 5.10 Å². The van der Waals surface area contributed by atoms with Gasteiger partial charge >= 0.3 is 0 Å². The lowest BCUT2D eigenvalue weighted by Crippen LogP contribution is -2.44. The van der Waals surface area contributed by atoms with E-state index >= 15 is 0 Å². The number of aryl methyl sites for hydroxylation is 1. The molecule has 6 nitrogen and oxygen atoms in total. The van der Waals surface area contributed by atoms with Gasteiger partial charge in [-0.15, -0.1) is 16.4 Å². The topological polar surface area (TPSA) is 63.2 Å². The summed E-state index contributed by atoms with van der Waals surface area (Å²) in [5.41, 5.74) is 1.19. The Kier molecular flexibility index (Phi) is 6.51. The summed E-state index contributed by atoms with van der Waals surface area (Å²) < 4.78 is 5.86. The highest BCUT2D eigenvalue weighted by molar-refractivity contribution is 7.09. The van der Waals surface area contributed by atoms with E-state index in [-0.39, 0.29) is 6.10 Å². The minimum absolute atomic E-state index is 0.166. The van der Waals surface area contributed by atoms with Gasteiger partial charge in [0, 0.05) is 37.8 Å². The van der Waals surface area contributed by atoms with Crippen molar-refractivity contribution in [3.63, 3.8) is 0 Å². The molecule has 0 unspecified atom stereocenters. The number of nitrogens with zero attached hydrogens (tertiary/aromatic N) is 4. The molecule has 130 valence electrons. The van der Waals surface area contributed by atoms with E-state index in [0.717, 1.165) is 45.0 Å². The standard InChI is InChI=1S/C17H25N5OS/c1-2-3-6-17-20-14(13-24-17)11-22-8-9-23-15(12-22)10-18-16-5-4-7-19-21-16/h4-5,7,13,15H,2-3,6,8-12H2,1H3,(H,18,21)/t15-/m1/s1. The van der Waals surface area contributed by atoms with Gasteiger partial charge in [-0.3, -0.25) is 4.90 Å². The molecule has 1 saturated heterocycles. The number of morpholine rings is 1. The maximum absolute atomic E-state index is 5.86. The molecule has 3 rings (SSSR count). The molecule has 0 radical (unpaired) electrons. The number of thiazole rings is 1. The van der Waals surface area contributed by atoms with Crippen LogP contribution in [0.2, 0.25) is 0 Å². The van der Waals surface area contributed by atoms with Gasteiger partial charge in [0.2, 0.25) is 0 Å². The molecule has 0 aliphatic carbocycles. The van der Waals surface area contributed by atoms with Crippen molar-refractivity contribution < 1.29 is 4.74 Å². The largest absolute Gasteiger partial charge is 0.374 e. The van der Waals surface area contributed by atoms with Crippen molar-refractivity contribution in [1.82, 2.24) is 20.1 Å². The van der Waals surface area contributed by atoms with Crippen LogP contribution in [0.15, 0.2) is 23.7 Å². The lowest BCUT2D eigenvalue weighted by atomic mass is 10.2. The minimum Gasteiger partial charge on any atom is -0.374 e. The lowest BCUT2D eigenvalue weighted by Gasteiger charge is -2.32. The summed E-state index contributed by atoms with van der Waals surface area (Å²) in [7, 11) is 0. The fraction of sp³-hybridized carbons (Fsp3) is 0.588. The van der Waals surface area contributed by atoms with Crippen molar-refractivity contribution in [1.29, 1.82) is 0 Å². The van der Waals surface area contributed by atoms with Gasteiger partial charge in [-0.05, 0) is 25.0 Å². The molecule has 0 bridgehead atoms. The van der Waals surface area contributed by atoms with E-state index in [2.05, 4.69) is 32.7 Å². The lowest BCUT2D eigenvalue weighted by molar-refractivity contribution is -0.0244. The highest BCUT2D eigenvalue weighted by atomic mass is 32.1. The number of hydrogen-bond donors (Lipinski definition) is 1. The Morgan fingerprint density at radius 2 is 2.42 bits per heavy atom. The average Bonchev–Trinajstić information content (AvgIpc) is 3.07. The summed E-state index contributed by atoms with van der Waals surface area (Å²) in [6, 6.07) is 3.79. The molecule has 1 fully saturated rings. The van der Waals surface area contributed by atoms with E-state index in [1.807, 2.05) is 12.1 Å². The number of nitrogens with one attached hydrogen (secondary N) is 1. The fourth-order valence-electron chi connectivity index (χ4n) is 2.76. The molecule has 0 amide bonds. The average molecular weight is 347 g/mol. The third-order valence-electron chi connectivity index (χ3n) is 4.04. The van der Waals surface area contributed by atoms with E-state index in [1.165, 1.54) is 23.5 Å². The summed E-state index contributed by atoms with van der Waals surface area (Å²) in [6.07, 6.45) is 5.39. The molecule has 7 heteroatoms. The van der Waals surface area contributed by atoms with Crippen LogP contribution >= 0.6 is 11.3 Å². The fourth-order valence-corrected chi connectivity index (χ4v) is 3.59. The van der Waals surface area contributed by atoms with Crippen LogP contribution in [-0.2, 0) is 17.7 Å². The molecule has 3 heterocycles. The Bertz CT molecular complexity index is 606. The molecular formula is C17H25N5OS. The van der Waals surface area contributed by atoms with E-state index in [0.29, 0.717) is 0 Å².